The van der Waals surface area contributed by atoms with E-state index in [2.05, 4.69) is 56.9 Å². The van der Waals surface area contributed by atoms with Crippen molar-refractivity contribution < 1.29 is 4.74 Å². The molecule has 27 heavy (non-hydrogen) atoms. The molecule has 1 aromatic carbocycles. The molecule has 6 nitrogen and oxygen atoms in total. The molecule has 2 unspecified atom stereocenters. The van der Waals surface area contributed by atoms with Crippen molar-refractivity contribution >= 4 is 16.9 Å². The van der Waals surface area contributed by atoms with Gasteiger partial charge in [0.1, 0.15) is 23.5 Å². The highest BCUT2D eigenvalue weighted by atomic mass is 16.5. The zero-order valence-electron chi connectivity index (χ0n) is 16.2. The average Bonchev–Trinajstić information content (AvgIpc) is 3.18. The quantitative estimate of drug-likeness (QED) is 0.752. The second kappa shape index (κ2) is 7.56. The predicted octanol–water partition coefficient (Wildman–Crippen LogP) is 3.31. The van der Waals surface area contributed by atoms with Gasteiger partial charge >= 0.3 is 0 Å². The van der Waals surface area contributed by atoms with E-state index >= 15 is 0 Å². The molecule has 3 heterocycles. The molecule has 0 saturated carbocycles. The van der Waals surface area contributed by atoms with Gasteiger partial charge in [0.2, 0.25) is 0 Å². The third kappa shape index (κ3) is 3.62. The highest BCUT2D eigenvalue weighted by Crippen LogP contribution is 2.29. The molecule has 0 radical (unpaired) electrons. The maximum absolute atomic E-state index is 5.26. The lowest BCUT2D eigenvalue weighted by atomic mass is 9.92. The molecule has 3 aromatic rings. The monoisotopic (exact) mass is 365 g/mol. The molecule has 1 aliphatic heterocycles. The molecule has 4 rings (SSSR count). The van der Waals surface area contributed by atoms with E-state index in [0.29, 0.717) is 12.0 Å². The van der Waals surface area contributed by atoms with Gasteiger partial charge in [0.25, 0.3) is 0 Å². The van der Waals surface area contributed by atoms with Gasteiger partial charge in [-0.05, 0) is 42.6 Å². The zero-order valence-corrected chi connectivity index (χ0v) is 16.2. The number of ether oxygens (including phenoxy) is 1. The van der Waals surface area contributed by atoms with E-state index in [-0.39, 0.29) is 0 Å². The molecule has 0 aliphatic carbocycles. The number of rotatable bonds is 5. The topological polar surface area (TPSA) is 57.3 Å². The number of likely N-dealkylation sites (tertiary alicyclic amines) is 1. The van der Waals surface area contributed by atoms with E-state index in [0.717, 1.165) is 42.2 Å². The number of anilines is 1. The molecule has 0 spiro atoms. The lowest BCUT2D eigenvalue weighted by molar-refractivity contribution is 0.159. The summed E-state index contributed by atoms with van der Waals surface area (Å²) in [5.41, 5.74) is 2.22. The Morgan fingerprint density at radius 2 is 2.04 bits per heavy atom. The van der Waals surface area contributed by atoms with Crippen molar-refractivity contribution in [3.8, 4) is 5.75 Å². The smallest absolute Gasteiger partial charge is 0.142 e. The fourth-order valence-electron chi connectivity index (χ4n) is 4.05. The first-order chi connectivity index (χ1) is 13.2. The lowest BCUT2D eigenvalue weighted by Crippen LogP contribution is -2.50. The van der Waals surface area contributed by atoms with Gasteiger partial charge in [-0.25, -0.2) is 9.97 Å². The molecular weight excluding hydrogens is 338 g/mol. The minimum atomic E-state index is 0.421. The number of fused-ring (bicyclic) bond motifs is 1. The van der Waals surface area contributed by atoms with Crippen molar-refractivity contribution in [1.82, 2.24) is 19.9 Å². The highest BCUT2D eigenvalue weighted by Gasteiger charge is 2.30. The molecule has 2 atom stereocenters. The summed E-state index contributed by atoms with van der Waals surface area (Å²) in [6.07, 6.45) is 4.76. The van der Waals surface area contributed by atoms with Crippen LogP contribution in [0.15, 0.2) is 42.9 Å². The predicted molar refractivity (Wildman–Crippen MR) is 108 cm³/mol. The van der Waals surface area contributed by atoms with E-state index in [1.54, 1.807) is 13.4 Å². The van der Waals surface area contributed by atoms with Crippen molar-refractivity contribution in [2.45, 2.75) is 25.9 Å². The number of nitrogens with one attached hydrogen (secondary N) is 1. The first-order valence-electron chi connectivity index (χ1n) is 9.52. The number of aromatic amines is 1. The third-order valence-electron chi connectivity index (χ3n) is 5.73. The fraction of sp³-hybridized carbons (Fsp3) is 0.429. The standard InChI is InChI=1S/C21H27N5O/c1-15-9-11-26(12-16-4-6-17(27-3)7-5-16)13-19(15)25(2)21-18-8-10-22-20(18)23-14-24-21/h4-8,10,14-15,19H,9,11-13H2,1-3H3,(H,22,23,24). The van der Waals surface area contributed by atoms with Crippen molar-refractivity contribution in [2.75, 3.05) is 32.1 Å². The van der Waals surface area contributed by atoms with Crippen molar-refractivity contribution in [3.63, 3.8) is 0 Å². The van der Waals surface area contributed by atoms with Crippen LogP contribution in [0.1, 0.15) is 18.9 Å². The van der Waals surface area contributed by atoms with E-state index in [9.17, 15) is 0 Å². The lowest BCUT2D eigenvalue weighted by Gasteiger charge is -2.42. The van der Waals surface area contributed by atoms with Gasteiger partial charge < -0.3 is 14.6 Å². The minimum absolute atomic E-state index is 0.421. The Hall–Kier alpha value is -2.60. The van der Waals surface area contributed by atoms with Gasteiger partial charge in [-0.2, -0.15) is 0 Å². The molecule has 1 N–H and O–H groups in total. The average molecular weight is 365 g/mol. The van der Waals surface area contributed by atoms with Crippen LogP contribution in [0.5, 0.6) is 5.75 Å². The molecule has 1 fully saturated rings. The first kappa shape index (κ1) is 17.8. The van der Waals surface area contributed by atoms with Crippen LogP contribution in [0.2, 0.25) is 0 Å². The Bertz CT molecular complexity index is 891. The molecule has 142 valence electrons. The Morgan fingerprint density at radius 1 is 1.22 bits per heavy atom. The Morgan fingerprint density at radius 3 is 2.81 bits per heavy atom. The van der Waals surface area contributed by atoms with Crippen LogP contribution < -0.4 is 9.64 Å². The Kier molecular flexibility index (Phi) is 4.99. The molecule has 1 saturated heterocycles. The number of aromatic nitrogens is 3. The van der Waals surface area contributed by atoms with Crippen LogP contribution in [-0.2, 0) is 6.54 Å². The van der Waals surface area contributed by atoms with Gasteiger partial charge in [-0.3, -0.25) is 4.90 Å². The van der Waals surface area contributed by atoms with Gasteiger partial charge in [0, 0.05) is 32.4 Å². The number of methoxy groups -OCH3 is 1. The number of benzene rings is 1. The largest absolute Gasteiger partial charge is 0.497 e. The fourth-order valence-corrected chi connectivity index (χ4v) is 4.05. The summed E-state index contributed by atoms with van der Waals surface area (Å²) >= 11 is 0. The number of piperidine rings is 1. The summed E-state index contributed by atoms with van der Waals surface area (Å²) in [6.45, 7) is 5.46. The normalized spacial score (nSPS) is 20.7. The van der Waals surface area contributed by atoms with Crippen molar-refractivity contribution in [1.29, 1.82) is 0 Å². The molecule has 1 aliphatic rings. The van der Waals surface area contributed by atoms with Crippen molar-refractivity contribution in [2.24, 2.45) is 5.92 Å². The SMILES string of the molecule is COc1ccc(CN2CCC(C)C(N(C)c3ncnc4[nH]ccc34)C2)cc1. The summed E-state index contributed by atoms with van der Waals surface area (Å²) < 4.78 is 5.26. The number of nitrogens with zero attached hydrogens (tertiary/aromatic N) is 4. The molecule has 0 amide bonds. The zero-order chi connectivity index (χ0) is 18.8. The second-order valence-electron chi connectivity index (χ2n) is 7.46. The number of hydrogen-bond acceptors (Lipinski definition) is 5. The summed E-state index contributed by atoms with van der Waals surface area (Å²) in [5, 5.41) is 1.08. The van der Waals surface area contributed by atoms with Crippen LogP contribution >= 0.6 is 0 Å². The van der Waals surface area contributed by atoms with E-state index in [4.69, 9.17) is 4.74 Å². The first-order valence-corrected chi connectivity index (χ1v) is 9.52. The summed E-state index contributed by atoms with van der Waals surface area (Å²) in [4.78, 5) is 17.0. The van der Waals surface area contributed by atoms with E-state index in [1.165, 1.54) is 12.0 Å². The van der Waals surface area contributed by atoms with Crippen LogP contribution in [0, 0.1) is 5.92 Å². The molecule has 2 aromatic heterocycles. The third-order valence-corrected chi connectivity index (χ3v) is 5.73. The van der Waals surface area contributed by atoms with Gasteiger partial charge in [-0.1, -0.05) is 19.1 Å². The molecule has 0 bridgehead atoms. The minimum Gasteiger partial charge on any atom is -0.497 e. The number of hydrogen-bond donors (Lipinski definition) is 1. The maximum Gasteiger partial charge on any atom is 0.142 e. The van der Waals surface area contributed by atoms with Crippen LogP contribution in [0.3, 0.4) is 0 Å². The number of H-pyrrole nitrogens is 1. The molecular formula is C21H27N5O. The summed E-state index contributed by atoms with van der Waals surface area (Å²) in [6, 6.07) is 10.9. The summed E-state index contributed by atoms with van der Waals surface area (Å²) in [5.74, 6) is 2.53. The Balaban J connectivity index is 1.50. The second-order valence-corrected chi connectivity index (χ2v) is 7.46. The van der Waals surface area contributed by atoms with E-state index < -0.39 is 0 Å². The maximum atomic E-state index is 5.26. The van der Waals surface area contributed by atoms with Crippen molar-refractivity contribution in [3.05, 3.63) is 48.4 Å². The number of likely N-dealkylation sites (N-methyl/N-ethyl adjacent to an activating group) is 1. The Labute approximate surface area is 160 Å². The van der Waals surface area contributed by atoms with Gasteiger partial charge in [0.15, 0.2) is 0 Å². The van der Waals surface area contributed by atoms with Crippen LogP contribution in [0.25, 0.3) is 11.0 Å². The van der Waals surface area contributed by atoms with Gasteiger partial charge in [0.05, 0.1) is 12.5 Å². The van der Waals surface area contributed by atoms with Crippen LogP contribution in [-0.4, -0.2) is 53.1 Å². The molecule has 6 heteroatoms. The summed E-state index contributed by atoms with van der Waals surface area (Å²) in [7, 11) is 3.86. The van der Waals surface area contributed by atoms with Gasteiger partial charge in [-0.15, -0.1) is 0 Å². The highest BCUT2D eigenvalue weighted by molar-refractivity contribution is 5.87. The van der Waals surface area contributed by atoms with E-state index in [1.807, 2.05) is 18.3 Å². The van der Waals surface area contributed by atoms with Crippen LogP contribution in [0.4, 0.5) is 5.82 Å².